The number of ether oxygens (including phenoxy) is 2. The summed E-state index contributed by atoms with van der Waals surface area (Å²) in [6.07, 6.45) is 1.70. The molecule has 1 fully saturated rings. The van der Waals surface area contributed by atoms with E-state index in [1.807, 2.05) is 6.92 Å². The number of thiocarbonyl (C=S) groups is 1. The summed E-state index contributed by atoms with van der Waals surface area (Å²) in [7, 11) is 3.35. The maximum absolute atomic E-state index is 12.2. The first kappa shape index (κ1) is 17.7. The number of carboxylic acid groups (broad SMARTS) is 1. The average molecular weight is 350 g/mol. The van der Waals surface area contributed by atoms with Crippen LogP contribution in [0, 0.1) is 0 Å². The molecule has 1 heterocycles. The Morgan fingerprint density at radius 2 is 1.96 bits per heavy atom. The lowest BCUT2D eigenvalue weighted by Crippen LogP contribution is -2.26. The average Bonchev–Trinajstić information content (AvgIpc) is 2.72. The van der Waals surface area contributed by atoms with Crippen molar-refractivity contribution in [3.8, 4) is 11.5 Å². The van der Waals surface area contributed by atoms with Gasteiger partial charge in [0.05, 0.1) is 6.61 Å². The summed E-state index contributed by atoms with van der Waals surface area (Å²) in [6, 6.07) is 5.02. The van der Waals surface area contributed by atoms with E-state index in [1.165, 1.54) is 4.90 Å². The maximum atomic E-state index is 12.2. The van der Waals surface area contributed by atoms with Gasteiger partial charge in [-0.1, -0.05) is 6.07 Å². The number of hydrogen-bond acceptors (Lipinski definition) is 5. The number of aliphatic carboxylic acids is 1. The van der Waals surface area contributed by atoms with Gasteiger partial charge in [0.25, 0.3) is 5.91 Å². The summed E-state index contributed by atoms with van der Waals surface area (Å²) in [5.74, 6) is -0.512. The predicted molar refractivity (Wildman–Crippen MR) is 91.8 cm³/mol. The van der Waals surface area contributed by atoms with Gasteiger partial charge in [0.2, 0.25) is 0 Å². The Hall–Kier alpha value is -2.61. The molecule has 1 amide bonds. The van der Waals surface area contributed by atoms with Crippen LogP contribution in [-0.4, -0.2) is 59.2 Å². The number of rotatable bonds is 6. The van der Waals surface area contributed by atoms with Gasteiger partial charge in [-0.05, 0) is 42.9 Å². The van der Waals surface area contributed by atoms with Crippen LogP contribution >= 0.6 is 12.2 Å². The van der Waals surface area contributed by atoms with Crippen LogP contribution in [0.2, 0.25) is 0 Å². The number of carbonyl (C=O) groups excluding carboxylic acids is 1. The van der Waals surface area contributed by atoms with Crippen LogP contribution in [0.4, 0.5) is 0 Å². The van der Waals surface area contributed by atoms with E-state index in [9.17, 15) is 9.59 Å². The molecule has 1 N–H and O–H groups in total. The van der Waals surface area contributed by atoms with E-state index < -0.39 is 12.6 Å². The van der Waals surface area contributed by atoms with Crippen molar-refractivity contribution in [2.75, 3.05) is 27.3 Å². The molecule has 0 spiro atoms. The van der Waals surface area contributed by atoms with Crippen LogP contribution in [0.15, 0.2) is 23.9 Å². The maximum Gasteiger partial charge on any atom is 0.341 e. The van der Waals surface area contributed by atoms with Crippen LogP contribution in [-0.2, 0) is 9.59 Å². The highest BCUT2D eigenvalue weighted by atomic mass is 32.1. The van der Waals surface area contributed by atoms with E-state index in [1.54, 1.807) is 43.3 Å². The van der Waals surface area contributed by atoms with Crippen LogP contribution in [0.3, 0.4) is 0 Å². The normalized spacial score (nSPS) is 16.0. The second-order valence-corrected chi connectivity index (χ2v) is 5.42. The molecule has 0 bridgehead atoms. The molecular weight excluding hydrogens is 332 g/mol. The number of hydrogen-bond donors (Lipinski definition) is 1. The van der Waals surface area contributed by atoms with Gasteiger partial charge in [-0.15, -0.1) is 0 Å². The topological polar surface area (TPSA) is 79.3 Å². The minimum Gasteiger partial charge on any atom is -0.490 e. The summed E-state index contributed by atoms with van der Waals surface area (Å²) in [6.45, 7) is 1.75. The van der Waals surface area contributed by atoms with Gasteiger partial charge in [-0.25, -0.2) is 4.79 Å². The zero-order chi connectivity index (χ0) is 17.9. The highest BCUT2D eigenvalue weighted by Crippen LogP contribution is 2.30. The molecule has 2 rings (SSSR count). The van der Waals surface area contributed by atoms with E-state index in [0.717, 1.165) is 5.56 Å². The third-order valence-electron chi connectivity index (χ3n) is 3.38. The number of carboxylic acids is 1. The number of nitrogens with zero attached hydrogens (tertiary/aromatic N) is 2. The Labute approximate surface area is 145 Å². The van der Waals surface area contributed by atoms with Gasteiger partial charge in [-0.3, -0.25) is 9.69 Å². The summed E-state index contributed by atoms with van der Waals surface area (Å²) in [5.41, 5.74) is 1.17. The first-order valence-corrected chi connectivity index (χ1v) is 7.64. The Morgan fingerprint density at radius 3 is 2.50 bits per heavy atom. The van der Waals surface area contributed by atoms with Gasteiger partial charge < -0.3 is 19.5 Å². The third-order valence-corrected chi connectivity index (χ3v) is 3.93. The van der Waals surface area contributed by atoms with Gasteiger partial charge in [0.1, 0.15) is 5.70 Å². The molecule has 1 aromatic carbocycles. The van der Waals surface area contributed by atoms with Crippen LogP contribution in [0.5, 0.6) is 11.5 Å². The molecule has 1 aliphatic heterocycles. The number of benzene rings is 1. The fourth-order valence-corrected chi connectivity index (χ4v) is 2.37. The molecule has 0 radical (unpaired) electrons. The van der Waals surface area contributed by atoms with Crippen molar-refractivity contribution in [3.63, 3.8) is 0 Å². The van der Waals surface area contributed by atoms with E-state index in [2.05, 4.69) is 0 Å². The minimum atomic E-state index is -1.07. The fraction of sp³-hybridized carbons (Fsp3) is 0.312. The standard InChI is InChI=1S/C16H18N2O5S/c1-4-22-13-8-10(5-6-12(13)23-9-14(19)20)7-11-15(21)18(3)16(24)17(11)2/h5-8H,4,9H2,1-3H3,(H,19,20)/b11-7+. The second kappa shape index (κ2) is 7.31. The molecule has 1 aliphatic rings. The van der Waals surface area contributed by atoms with E-state index in [4.69, 9.17) is 26.8 Å². The van der Waals surface area contributed by atoms with Crippen LogP contribution in [0.25, 0.3) is 6.08 Å². The Kier molecular flexibility index (Phi) is 5.40. The zero-order valence-electron chi connectivity index (χ0n) is 13.6. The molecule has 1 saturated heterocycles. The molecule has 1 aromatic rings. The molecule has 0 saturated carbocycles. The smallest absolute Gasteiger partial charge is 0.341 e. The largest absolute Gasteiger partial charge is 0.490 e. The molecule has 128 valence electrons. The van der Waals surface area contributed by atoms with Crippen molar-refractivity contribution in [1.82, 2.24) is 9.80 Å². The summed E-state index contributed by atoms with van der Waals surface area (Å²) in [5, 5.41) is 9.14. The third kappa shape index (κ3) is 3.65. The molecular formula is C16H18N2O5S. The summed E-state index contributed by atoms with van der Waals surface area (Å²) < 4.78 is 10.7. The molecule has 0 atom stereocenters. The van der Waals surface area contributed by atoms with Gasteiger partial charge >= 0.3 is 5.97 Å². The summed E-state index contributed by atoms with van der Waals surface area (Å²) in [4.78, 5) is 25.9. The molecule has 0 aromatic heterocycles. The first-order chi connectivity index (χ1) is 11.3. The monoisotopic (exact) mass is 350 g/mol. The van der Waals surface area contributed by atoms with Crippen LogP contribution in [0.1, 0.15) is 12.5 Å². The summed E-state index contributed by atoms with van der Waals surface area (Å²) >= 11 is 5.17. The van der Waals surface area contributed by atoms with Crippen LogP contribution < -0.4 is 9.47 Å². The zero-order valence-corrected chi connectivity index (χ0v) is 14.4. The number of carbonyl (C=O) groups is 2. The van der Waals surface area contributed by atoms with Crippen molar-refractivity contribution in [2.24, 2.45) is 0 Å². The van der Waals surface area contributed by atoms with E-state index in [-0.39, 0.29) is 5.91 Å². The fourth-order valence-electron chi connectivity index (χ4n) is 2.19. The SMILES string of the molecule is CCOc1cc(/C=C2\C(=O)N(C)C(=S)N2C)ccc1OCC(=O)O. The van der Waals surface area contributed by atoms with Gasteiger partial charge in [0.15, 0.2) is 23.2 Å². The van der Waals surface area contributed by atoms with Gasteiger partial charge in [-0.2, -0.15) is 0 Å². The Balaban J connectivity index is 2.33. The highest BCUT2D eigenvalue weighted by molar-refractivity contribution is 7.80. The second-order valence-electron chi connectivity index (χ2n) is 5.06. The van der Waals surface area contributed by atoms with Crippen molar-refractivity contribution < 1.29 is 24.2 Å². The number of likely N-dealkylation sites (N-methyl/N-ethyl adjacent to an activating group) is 2. The predicted octanol–water partition coefficient (Wildman–Crippen LogP) is 1.58. The van der Waals surface area contributed by atoms with Crippen molar-refractivity contribution in [3.05, 3.63) is 29.5 Å². The first-order valence-electron chi connectivity index (χ1n) is 7.24. The van der Waals surface area contributed by atoms with Crippen molar-refractivity contribution in [1.29, 1.82) is 0 Å². The van der Waals surface area contributed by atoms with Crippen molar-refractivity contribution in [2.45, 2.75) is 6.92 Å². The molecule has 7 nitrogen and oxygen atoms in total. The Bertz CT molecular complexity index is 716. The molecule has 8 heteroatoms. The number of amides is 1. The minimum absolute atomic E-state index is 0.188. The van der Waals surface area contributed by atoms with E-state index in [0.29, 0.717) is 28.9 Å². The molecule has 0 unspecified atom stereocenters. The quantitative estimate of drug-likeness (QED) is 0.616. The lowest BCUT2D eigenvalue weighted by atomic mass is 10.1. The van der Waals surface area contributed by atoms with Gasteiger partial charge in [0, 0.05) is 14.1 Å². The lowest BCUT2D eigenvalue weighted by molar-refractivity contribution is -0.139. The highest BCUT2D eigenvalue weighted by Gasteiger charge is 2.32. The molecule has 24 heavy (non-hydrogen) atoms. The molecule has 0 aliphatic carbocycles. The van der Waals surface area contributed by atoms with Crippen molar-refractivity contribution >= 4 is 35.3 Å². The Morgan fingerprint density at radius 1 is 1.25 bits per heavy atom. The van der Waals surface area contributed by atoms with E-state index >= 15 is 0 Å². The lowest BCUT2D eigenvalue weighted by Gasteiger charge is -2.13.